The van der Waals surface area contributed by atoms with E-state index in [-0.39, 0.29) is 0 Å². The van der Waals surface area contributed by atoms with Crippen molar-refractivity contribution >= 4 is 0 Å². The number of rotatable bonds is 20. The van der Waals surface area contributed by atoms with Crippen LogP contribution in [0.25, 0.3) is 0 Å². The molecule has 0 aliphatic rings. The summed E-state index contributed by atoms with van der Waals surface area (Å²) in [4.78, 5) is 0. The lowest BCUT2D eigenvalue weighted by atomic mass is 10.1. The number of nitrogens with zero attached hydrogens (tertiary/aromatic N) is 2. The van der Waals surface area contributed by atoms with Crippen LogP contribution >= 0.6 is 0 Å². The second kappa shape index (κ2) is 22.6. The Bertz CT molecular complexity index is 214. The van der Waals surface area contributed by atoms with Crippen LogP contribution in [0.5, 0.6) is 0 Å². The third kappa shape index (κ3) is 21.6. The highest BCUT2D eigenvalue weighted by atomic mass is 15.1. The Morgan fingerprint density at radius 1 is 0.333 bits per heavy atom. The maximum atomic E-state index is 4.32. The van der Waals surface area contributed by atoms with Crippen molar-refractivity contribution < 1.29 is 0 Å². The predicted octanol–water partition coefficient (Wildman–Crippen LogP) is 8.50. The Kier molecular flexibility index (Phi) is 22.2. The molecule has 0 radical (unpaired) electrons. The number of unbranched alkanes of at least 4 members (excludes halogenated alkanes) is 16. The number of hydrogen-bond donors (Lipinski definition) is 0. The monoisotopic (exact) mass is 338 g/mol. The van der Waals surface area contributed by atoms with E-state index < -0.39 is 0 Å². The molecule has 0 aromatic rings. The normalized spacial score (nSPS) is 11.6. The number of azo groups is 1. The molecule has 0 aliphatic carbocycles. The highest BCUT2D eigenvalue weighted by Gasteiger charge is 1.93. The second-order valence-electron chi connectivity index (χ2n) is 7.39. The first kappa shape index (κ1) is 23.6. The molecule has 0 aromatic carbocycles. The summed E-state index contributed by atoms with van der Waals surface area (Å²) in [6.45, 7) is 6.47. The van der Waals surface area contributed by atoms with Crippen molar-refractivity contribution in [3.8, 4) is 0 Å². The van der Waals surface area contributed by atoms with E-state index in [1.54, 1.807) is 0 Å². The summed E-state index contributed by atoms with van der Waals surface area (Å²) in [5.74, 6) is 0. The lowest BCUT2D eigenvalue weighted by molar-refractivity contribution is 0.558. The quantitative estimate of drug-likeness (QED) is 0.157. The summed E-state index contributed by atoms with van der Waals surface area (Å²) in [6.07, 6.45) is 24.9. The molecule has 144 valence electrons. The van der Waals surface area contributed by atoms with E-state index in [4.69, 9.17) is 0 Å². The van der Waals surface area contributed by atoms with E-state index >= 15 is 0 Å². The molecule has 0 saturated heterocycles. The Balaban J connectivity index is 3.04. The van der Waals surface area contributed by atoms with Gasteiger partial charge < -0.3 is 0 Å². The zero-order valence-corrected chi connectivity index (χ0v) is 17.0. The van der Waals surface area contributed by atoms with Gasteiger partial charge in [-0.1, -0.05) is 117 Å². The fourth-order valence-electron chi connectivity index (χ4n) is 3.13. The van der Waals surface area contributed by atoms with Crippen molar-refractivity contribution in [1.82, 2.24) is 0 Å². The average molecular weight is 339 g/mol. The van der Waals surface area contributed by atoms with E-state index in [0.717, 1.165) is 13.1 Å². The van der Waals surface area contributed by atoms with Crippen LogP contribution in [-0.2, 0) is 0 Å². The molecule has 0 spiro atoms. The second-order valence-corrected chi connectivity index (χ2v) is 7.39. The minimum absolute atomic E-state index is 0.952. The Morgan fingerprint density at radius 2 is 0.583 bits per heavy atom. The largest absolute Gasteiger partial charge is 0.194 e. The van der Waals surface area contributed by atoms with Gasteiger partial charge in [0.2, 0.25) is 0 Å². The molecule has 0 amide bonds. The van der Waals surface area contributed by atoms with Crippen LogP contribution in [0.2, 0.25) is 0 Å². The van der Waals surface area contributed by atoms with Crippen LogP contribution in [0, 0.1) is 0 Å². The summed E-state index contributed by atoms with van der Waals surface area (Å²) in [5, 5.41) is 8.64. The Labute approximate surface area is 153 Å². The van der Waals surface area contributed by atoms with Gasteiger partial charge in [0.25, 0.3) is 0 Å². The van der Waals surface area contributed by atoms with Crippen molar-refractivity contribution in [2.75, 3.05) is 13.1 Å². The van der Waals surface area contributed by atoms with E-state index in [2.05, 4.69) is 24.1 Å². The molecule has 0 fully saturated rings. The van der Waals surface area contributed by atoms with Crippen LogP contribution in [0.4, 0.5) is 0 Å². The standard InChI is InChI=1S/C22H46N2/c1-3-5-7-9-11-13-15-17-19-21-23-24-22-20-18-16-14-12-10-8-6-4-2/h3-22H2,1-2H3. The molecular formula is C22H46N2. The molecule has 24 heavy (non-hydrogen) atoms. The van der Waals surface area contributed by atoms with Crippen molar-refractivity contribution in [3.05, 3.63) is 0 Å². The maximum absolute atomic E-state index is 4.32. The van der Waals surface area contributed by atoms with Gasteiger partial charge in [-0.3, -0.25) is 0 Å². The molecular weight excluding hydrogens is 292 g/mol. The third-order valence-corrected chi connectivity index (χ3v) is 4.82. The molecule has 2 heteroatoms. The third-order valence-electron chi connectivity index (χ3n) is 4.82. The minimum atomic E-state index is 0.952. The van der Waals surface area contributed by atoms with Crippen LogP contribution in [0.15, 0.2) is 10.2 Å². The fourth-order valence-corrected chi connectivity index (χ4v) is 3.13. The van der Waals surface area contributed by atoms with Crippen LogP contribution in [-0.4, -0.2) is 13.1 Å². The van der Waals surface area contributed by atoms with Crippen molar-refractivity contribution in [3.63, 3.8) is 0 Å². The van der Waals surface area contributed by atoms with Gasteiger partial charge in [-0.15, -0.1) is 0 Å². The fraction of sp³-hybridized carbons (Fsp3) is 1.00. The average Bonchev–Trinajstić information content (AvgIpc) is 2.60. The summed E-state index contributed by atoms with van der Waals surface area (Å²) >= 11 is 0. The van der Waals surface area contributed by atoms with E-state index in [1.165, 1.54) is 116 Å². The van der Waals surface area contributed by atoms with E-state index in [1.807, 2.05) is 0 Å². The highest BCUT2D eigenvalue weighted by Crippen LogP contribution is 2.10. The van der Waals surface area contributed by atoms with E-state index in [9.17, 15) is 0 Å². The molecule has 0 atom stereocenters. The molecule has 0 aliphatic heterocycles. The van der Waals surface area contributed by atoms with Gasteiger partial charge in [0.05, 0.1) is 13.1 Å². The molecule has 0 bridgehead atoms. The molecule has 0 aromatic heterocycles. The Morgan fingerprint density at radius 3 is 0.875 bits per heavy atom. The van der Waals surface area contributed by atoms with Gasteiger partial charge >= 0.3 is 0 Å². The van der Waals surface area contributed by atoms with Gasteiger partial charge in [0.15, 0.2) is 0 Å². The van der Waals surface area contributed by atoms with Gasteiger partial charge in [-0.2, -0.15) is 10.2 Å². The zero-order chi connectivity index (χ0) is 17.6. The molecule has 0 unspecified atom stereocenters. The smallest absolute Gasteiger partial charge is 0.0598 e. The van der Waals surface area contributed by atoms with Gasteiger partial charge in [-0.25, -0.2) is 0 Å². The number of hydrogen-bond acceptors (Lipinski definition) is 2. The van der Waals surface area contributed by atoms with Crippen molar-refractivity contribution in [2.45, 2.75) is 129 Å². The summed E-state index contributed by atoms with van der Waals surface area (Å²) in [6, 6.07) is 0. The maximum Gasteiger partial charge on any atom is 0.0598 e. The van der Waals surface area contributed by atoms with Gasteiger partial charge in [-0.05, 0) is 12.8 Å². The van der Waals surface area contributed by atoms with Crippen molar-refractivity contribution in [2.24, 2.45) is 10.2 Å². The molecule has 2 nitrogen and oxygen atoms in total. The van der Waals surface area contributed by atoms with Gasteiger partial charge in [0, 0.05) is 0 Å². The predicted molar refractivity (Wildman–Crippen MR) is 109 cm³/mol. The first-order chi connectivity index (χ1) is 11.9. The Hall–Kier alpha value is -0.400. The minimum Gasteiger partial charge on any atom is -0.194 e. The van der Waals surface area contributed by atoms with Crippen LogP contribution < -0.4 is 0 Å². The summed E-state index contributed by atoms with van der Waals surface area (Å²) < 4.78 is 0. The lowest BCUT2D eigenvalue weighted by Gasteiger charge is -2.01. The first-order valence-corrected chi connectivity index (χ1v) is 11.2. The van der Waals surface area contributed by atoms with Gasteiger partial charge in [0.1, 0.15) is 0 Å². The SMILES string of the molecule is CCCCCCCCCCCN=NCCCCCCCCCCC. The molecule has 0 heterocycles. The topological polar surface area (TPSA) is 24.7 Å². The van der Waals surface area contributed by atoms with Crippen LogP contribution in [0.3, 0.4) is 0 Å². The van der Waals surface area contributed by atoms with E-state index in [0.29, 0.717) is 0 Å². The molecule has 0 rings (SSSR count). The summed E-state index contributed by atoms with van der Waals surface area (Å²) in [5.41, 5.74) is 0. The first-order valence-electron chi connectivity index (χ1n) is 11.2. The summed E-state index contributed by atoms with van der Waals surface area (Å²) in [7, 11) is 0. The zero-order valence-electron chi connectivity index (χ0n) is 17.0. The van der Waals surface area contributed by atoms with Crippen LogP contribution in [0.1, 0.15) is 129 Å². The molecule has 0 N–H and O–H groups in total. The highest BCUT2D eigenvalue weighted by molar-refractivity contribution is 4.50. The molecule has 0 saturated carbocycles. The lowest BCUT2D eigenvalue weighted by Crippen LogP contribution is -1.86. The van der Waals surface area contributed by atoms with Crippen molar-refractivity contribution in [1.29, 1.82) is 0 Å².